The summed E-state index contributed by atoms with van der Waals surface area (Å²) in [6.07, 6.45) is 4.51. The zero-order valence-electron chi connectivity index (χ0n) is 13.3. The number of nitrogens with one attached hydrogen (secondary N) is 1. The second-order valence-electron chi connectivity index (χ2n) is 6.35. The van der Waals surface area contributed by atoms with E-state index >= 15 is 0 Å². The van der Waals surface area contributed by atoms with E-state index in [1.165, 1.54) is 0 Å². The molecule has 114 valence electrons. The Bertz CT molecular complexity index is 596. The van der Waals surface area contributed by atoms with Gasteiger partial charge in [-0.1, -0.05) is 13.0 Å². The van der Waals surface area contributed by atoms with E-state index in [-0.39, 0.29) is 11.4 Å². The predicted molar refractivity (Wildman–Crippen MR) is 83.7 cm³/mol. The van der Waals surface area contributed by atoms with E-state index in [9.17, 15) is 4.39 Å². The number of imidazole rings is 1. The molecule has 0 aliphatic carbocycles. The number of hydrogen-bond donors (Lipinski definition) is 1. The Balaban J connectivity index is 2.16. The van der Waals surface area contributed by atoms with Gasteiger partial charge >= 0.3 is 0 Å². The largest absolute Gasteiger partial charge is 0.330 e. The number of hydrogen-bond acceptors (Lipinski definition) is 2. The summed E-state index contributed by atoms with van der Waals surface area (Å²) in [6, 6.07) is 5.33. The summed E-state index contributed by atoms with van der Waals surface area (Å²) in [6.45, 7) is 9.68. The molecule has 1 aromatic heterocycles. The Morgan fingerprint density at radius 2 is 2.05 bits per heavy atom. The van der Waals surface area contributed by atoms with Crippen molar-refractivity contribution in [2.75, 3.05) is 0 Å². The lowest BCUT2D eigenvalue weighted by Gasteiger charge is -2.21. The summed E-state index contributed by atoms with van der Waals surface area (Å²) in [5.41, 5.74) is 1.85. The molecule has 0 unspecified atom stereocenters. The number of aromatic nitrogens is 2. The van der Waals surface area contributed by atoms with Gasteiger partial charge in [-0.05, 0) is 38.5 Å². The zero-order valence-corrected chi connectivity index (χ0v) is 13.3. The SMILES string of the molecule is CCc1nccn1Cc1cc(CNC(C)(C)C)ccc1F. The highest BCUT2D eigenvalue weighted by Gasteiger charge is 2.11. The molecule has 0 atom stereocenters. The van der Waals surface area contributed by atoms with Gasteiger partial charge in [0.05, 0.1) is 6.54 Å². The highest BCUT2D eigenvalue weighted by atomic mass is 19.1. The van der Waals surface area contributed by atoms with Gasteiger partial charge in [-0.2, -0.15) is 0 Å². The van der Waals surface area contributed by atoms with Crippen LogP contribution in [-0.2, 0) is 19.5 Å². The highest BCUT2D eigenvalue weighted by Crippen LogP contribution is 2.14. The summed E-state index contributed by atoms with van der Waals surface area (Å²) in [5, 5.41) is 3.42. The first-order valence-electron chi connectivity index (χ1n) is 7.41. The fourth-order valence-electron chi connectivity index (χ4n) is 2.21. The van der Waals surface area contributed by atoms with Crippen LogP contribution in [0.2, 0.25) is 0 Å². The Hall–Kier alpha value is -1.68. The van der Waals surface area contributed by atoms with Gasteiger partial charge in [-0.3, -0.25) is 0 Å². The van der Waals surface area contributed by atoms with Gasteiger partial charge in [0.2, 0.25) is 0 Å². The number of nitrogens with zero attached hydrogens (tertiary/aromatic N) is 2. The van der Waals surface area contributed by atoms with Crippen LogP contribution in [0, 0.1) is 5.82 Å². The van der Waals surface area contributed by atoms with E-state index in [2.05, 4.69) is 38.0 Å². The van der Waals surface area contributed by atoms with E-state index in [1.54, 1.807) is 12.3 Å². The molecular weight excluding hydrogens is 265 g/mol. The van der Waals surface area contributed by atoms with Crippen molar-refractivity contribution in [1.29, 1.82) is 0 Å². The molecule has 0 saturated heterocycles. The number of rotatable bonds is 5. The zero-order chi connectivity index (χ0) is 15.5. The number of aryl methyl sites for hydroxylation is 1. The van der Waals surface area contributed by atoms with Crippen molar-refractivity contribution < 1.29 is 4.39 Å². The van der Waals surface area contributed by atoms with Crippen LogP contribution in [0.3, 0.4) is 0 Å². The summed E-state index contributed by atoms with van der Waals surface area (Å²) in [4.78, 5) is 4.28. The van der Waals surface area contributed by atoms with Gasteiger partial charge in [0.15, 0.2) is 0 Å². The molecule has 2 aromatic rings. The van der Waals surface area contributed by atoms with Crippen molar-refractivity contribution in [2.45, 2.75) is 52.7 Å². The van der Waals surface area contributed by atoms with Crippen LogP contribution in [0.4, 0.5) is 4.39 Å². The van der Waals surface area contributed by atoms with Crippen LogP contribution < -0.4 is 5.32 Å². The van der Waals surface area contributed by atoms with Crippen molar-refractivity contribution >= 4 is 0 Å². The monoisotopic (exact) mass is 289 g/mol. The molecule has 21 heavy (non-hydrogen) atoms. The molecule has 1 aromatic carbocycles. The lowest BCUT2D eigenvalue weighted by atomic mass is 10.1. The summed E-state index contributed by atoms with van der Waals surface area (Å²) in [7, 11) is 0. The molecule has 2 rings (SSSR count). The Morgan fingerprint density at radius 3 is 2.71 bits per heavy atom. The van der Waals surface area contributed by atoms with Gasteiger partial charge in [0, 0.05) is 36.5 Å². The van der Waals surface area contributed by atoms with Crippen molar-refractivity contribution in [1.82, 2.24) is 14.9 Å². The molecule has 1 N–H and O–H groups in total. The van der Waals surface area contributed by atoms with Crippen LogP contribution in [0.5, 0.6) is 0 Å². The topological polar surface area (TPSA) is 29.9 Å². The van der Waals surface area contributed by atoms with E-state index in [4.69, 9.17) is 0 Å². The molecule has 4 heteroatoms. The molecule has 0 saturated carbocycles. The molecule has 0 amide bonds. The van der Waals surface area contributed by atoms with Crippen molar-refractivity contribution in [2.24, 2.45) is 0 Å². The average Bonchev–Trinajstić information content (AvgIpc) is 2.86. The Morgan fingerprint density at radius 1 is 1.29 bits per heavy atom. The van der Waals surface area contributed by atoms with Crippen molar-refractivity contribution in [3.05, 3.63) is 53.4 Å². The van der Waals surface area contributed by atoms with Crippen LogP contribution in [-0.4, -0.2) is 15.1 Å². The van der Waals surface area contributed by atoms with Crippen molar-refractivity contribution in [3.8, 4) is 0 Å². The Labute approximate surface area is 126 Å². The molecule has 0 aliphatic rings. The second kappa shape index (κ2) is 6.39. The molecule has 0 fully saturated rings. The maximum atomic E-state index is 14.0. The maximum absolute atomic E-state index is 14.0. The van der Waals surface area contributed by atoms with E-state index in [0.29, 0.717) is 12.1 Å². The maximum Gasteiger partial charge on any atom is 0.128 e. The van der Waals surface area contributed by atoms with Crippen LogP contribution >= 0.6 is 0 Å². The normalized spacial score (nSPS) is 11.9. The molecule has 1 heterocycles. The minimum Gasteiger partial charge on any atom is -0.330 e. The fourth-order valence-corrected chi connectivity index (χ4v) is 2.21. The third-order valence-electron chi connectivity index (χ3n) is 3.39. The lowest BCUT2D eigenvalue weighted by molar-refractivity contribution is 0.424. The molecular formula is C17H24FN3. The van der Waals surface area contributed by atoms with Gasteiger partial charge in [0.25, 0.3) is 0 Å². The van der Waals surface area contributed by atoms with E-state index < -0.39 is 0 Å². The summed E-state index contributed by atoms with van der Waals surface area (Å²) >= 11 is 0. The lowest BCUT2D eigenvalue weighted by Crippen LogP contribution is -2.35. The quantitative estimate of drug-likeness (QED) is 0.912. The first kappa shape index (κ1) is 15.7. The minimum absolute atomic E-state index is 0.0499. The molecule has 0 bridgehead atoms. The second-order valence-corrected chi connectivity index (χ2v) is 6.35. The standard InChI is InChI=1S/C17H24FN3/c1-5-16-19-8-9-21(16)12-14-10-13(6-7-15(14)18)11-20-17(2,3)4/h6-10,20H,5,11-12H2,1-4H3. The number of benzene rings is 1. The smallest absolute Gasteiger partial charge is 0.128 e. The first-order chi connectivity index (χ1) is 9.89. The van der Waals surface area contributed by atoms with Gasteiger partial charge < -0.3 is 9.88 Å². The predicted octanol–water partition coefficient (Wildman–Crippen LogP) is 3.52. The van der Waals surface area contributed by atoms with Gasteiger partial charge in [-0.15, -0.1) is 0 Å². The van der Waals surface area contributed by atoms with Gasteiger partial charge in [-0.25, -0.2) is 9.37 Å². The van der Waals surface area contributed by atoms with E-state index in [1.807, 2.05) is 22.9 Å². The first-order valence-corrected chi connectivity index (χ1v) is 7.41. The van der Waals surface area contributed by atoms with Crippen LogP contribution in [0.1, 0.15) is 44.6 Å². The average molecular weight is 289 g/mol. The van der Waals surface area contributed by atoms with Gasteiger partial charge in [0.1, 0.15) is 11.6 Å². The fraction of sp³-hybridized carbons (Fsp3) is 0.471. The summed E-state index contributed by atoms with van der Waals surface area (Å²) < 4.78 is 16.0. The third-order valence-corrected chi connectivity index (χ3v) is 3.39. The van der Waals surface area contributed by atoms with Crippen LogP contribution in [0.25, 0.3) is 0 Å². The van der Waals surface area contributed by atoms with Crippen LogP contribution in [0.15, 0.2) is 30.6 Å². The summed E-state index contributed by atoms with van der Waals surface area (Å²) in [5.74, 6) is 0.817. The molecule has 0 aliphatic heterocycles. The third kappa shape index (κ3) is 4.39. The van der Waals surface area contributed by atoms with Crippen molar-refractivity contribution in [3.63, 3.8) is 0 Å². The molecule has 0 spiro atoms. The molecule has 3 nitrogen and oxygen atoms in total. The minimum atomic E-state index is -0.162. The Kier molecular flexibility index (Phi) is 4.78. The number of halogens is 1. The molecule has 0 radical (unpaired) electrons. The van der Waals surface area contributed by atoms with E-state index in [0.717, 1.165) is 24.4 Å². The highest BCUT2D eigenvalue weighted by molar-refractivity contribution is 5.26.